The van der Waals surface area contributed by atoms with Gasteiger partial charge in [-0.05, 0) is 18.4 Å². The molecule has 5 heteroatoms. The van der Waals surface area contributed by atoms with Gasteiger partial charge in [-0.1, -0.05) is 6.07 Å². The summed E-state index contributed by atoms with van der Waals surface area (Å²) in [5, 5.41) is 0.972. The van der Waals surface area contributed by atoms with Crippen LogP contribution in [0.15, 0.2) is 17.5 Å². The lowest BCUT2D eigenvalue weighted by molar-refractivity contribution is 0.473. The van der Waals surface area contributed by atoms with Crippen LogP contribution in [0.3, 0.4) is 0 Å². The van der Waals surface area contributed by atoms with E-state index in [0.717, 1.165) is 0 Å². The van der Waals surface area contributed by atoms with Crippen molar-refractivity contribution in [2.45, 2.75) is 12.2 Å². The highest BCUT2D eigenvalue weighted by atomic mass is 32.2. The molecule has 62 valence electrons. The van der Waals surface area contributed by atoms with E-state index < -0.39 is 15.4 Å². The van der Waals surface area contributed by atoms with Gasteiger partial charge in [0.15, 0.2) is 0 Å². The average Bonchev–Trinajstić information content (AvgIpc) is 2.34. The molecule has 1 aromatic rings. The summed E-state index contributed by atoms with van der Waals surface area (Å²) in [5.74, 6) is 0. The third kappa shape index (κ3) is 2.02. The normalized spacial score (nSPS) is 14.7. The van der Waals surface area contributed by atoms with E-state index in [1.165, 1.54) is 18.3 Å². The predicted octanol–water partition coefficient (Wildman–Crippen LogP) is 1.70. The van der Waals surface area contributed by atoms with Crippen molar-refractivity contribution < 1.29 is 13.0 Å². The largest absolute Gasteiger partial charge is 0.285 e. The summed E-state index contributed by atoms with van der Waals surface area (Å²) >= 11 is 1.32. The monoisotopic (exact) mass is 192 g/mol. The minimum atomic E-state index is -3.92. The van der Waals surface area contributed by atoms with Gasteiger partial charge >= 0.3 is 0 Å². The molecule has 1 unspecified atom stereocenters. The summed E-state index contributed by atoms with van der Waals surface area (Å²) in [6, 6.07) is 3.44. The average molecular weight is 192 g/mol. The van der Waals surface area contributed by atoms with Gasteiger partial charge < -0.3 is 0 Å². The maximum absolute atomic E-state index is 10.6. The molecule has 0 fully saturated rings. The third-order valence-corrected chi connectivity index (χ3v) is 3.74. The maximum atomic E-state index is 10.6. The van der Waals surface area contributed by atoms with E-state index in [-0.39, 0.29) is 0 Å². The van der Waals surface area contributed by atoms with E-state index in [2.05, 4.69) is 0 Å². The van der Waals surface area contributed by atoms with Crippen molar-refractivity contribution >= 4 is 21.5 Å². The first-order chi connectivity index (χ1) is 5.02. The molecule has 3 nitrogen and oxygen atoms in total. The van der Waals surface area contributed by atoms with Crippen molar-refractivity contribution in [1.29, 1.82) is 0 Å². The van der Waals surface area contributed by atoms with Gasteiger partial charge in [0.2, 0.25) is 0 Å². The van der Waals surface area contributed by atoms with Crippen LogP contribution in [0.25, 0.3) is 0 Å². The Hall–Kier alpha value is -0.390. The first-order valence-electron chi connectivity index (χ1n) is 3.01. The first kappa shape index (κ1) is 8.70. The van der Waals surface area contributed by atoms with E-state index in [0.29, 0.717) is 4.88 Å². The Balaban J connectivity index is 2.97. The van der Waals surface area contributed by atoms with Crippen molar-refractivity contribution in [2.75, 3.05) is 0 Å². The lowest BCUT2D eigenvalue weighted by Crippen LogP contribution is -2.06. The Labute approximate surface area is 69.4 Å². The van der Waals surface area contributed by atoms with Crippen molar-refractivity contribution in [3.05, 3.63) is 22.4 Å². The zero-order valence-corrected chi connectivity index (χ0v) is 7.52. The molecule has 0 saturated heterocycles. The van der Waals surface area contributed by atoms with E-state index in [4.69, 9.17) is 4.55 Å². The first-order valence-corrected chi connectivity index (χ1v) is 5.40. The topological polar surface area (TPSA) is 54.4 Å². The van der Waals surface area contributed by atoms with Gasteiger partial charge in [0.1, 0.15) is 5.25 Å². The summed E-state index contributed by atoms with van der Waals surface area (Å²) in [6.07, 6.45) is 0. The van der Waals surface area contributed by atoms with Crippen LogP contribution < -0.4 is 0 Å². The molecule has 0 saturated carbocycles. The van der Waals surface area contributed by atoms with Crippen LogP contribution in [0.1, 0.15) is 17.1 Å². The third-order valence-electron chi connectivity index (χ3n) is 1.39. The molecule has 1 N–H and O–H groups in total. The molecular formula is C6H8O3S2. The van der Waals surface area contributed by atoms with Crippen LogP contribution >= 0.6 is 11.3 Å². The van der Waals surface area contributed by atoms with Gasteiger partial charge in [0.25, 0.3) is 10.1 Å². The van der Waals surface area contributed by atoms with Crippen LogP contribution in [0.4, 0.5) is 0 Å². The zero-order valence-electron chi connectivity index (χ0n) is 5.89. The van der Waals surface area contributed by atoms with Crippen LogP contribution in [-0.2, 0) is 10.1 Å². The molecule has 0 aliphatic heterocycles. The molecular weight excluding hydrogens is 184 g/mol. The van der Waals surface area contributed by atoms with E-state index in [1.807, 2.05) is 0 Å². The molecule has 0 aliphatic rings. The second-order valence-corrected chi connectivity index (χ2v) is 4.89. The van der Waals surface area contributed by atoms with Gasteiger partial charge in [-0.2, -0.15) is 8.42 Å². The van der Waals surface area contributed by atoms with Crippen LogP contribution in [0.2, 0.25) is 0 Å². The number of thiophene rings is 1. The second kappa shape index (κ2) is 2.92. The lowest BCUT2D eigenvalue weighted by atomic mass is 10.4. The molecule has 11 heavy (non-hydrogen) atoms. The fourth-order valence-corrected chi connectivity index (χ4v) is 2.24. The van der Waals surface area contributed by atoms with Crippen molar-refractivity contribution in [2.24, 2.45) is 0 Å². The van der Waals surface area contributed by atoms with E-state index in [9.17, 15) is 8.42 Å². The molecule has 0 spiro atoms. The molecule has 0 aliphatic carbocycles. The van der Waals surface area contributed by atoms with Crippen molar-refractivity contribution in [3.8, 4) is 0 Å². The zero-order chi connectivity index (χ0) is 8.48. The van der Waals surface area contributed by atoms with Crippen LogP contribution in [0, 0.1) is 0 Å². The van der Waals surface area contributed by atoms with Gasteiger partial charge in [0.05, 0.1) is 0 Å². The molecule has 0 amide bonds. The Kier molecular flexibility index (Phi) is 2.31. The minimum Gasteiger partial charge on any atom is -0.285 e. The highest BCUT2D eigenvalue weighted by Gasteiger charge is 2.19. The summed E-state index contributed by atoms with van der Waals surface area (Å²) in [7, 11) is -3.92. The Morgan fingerprint density at radius 1 is 1.64 bits per heavy atom. The highest BCUT2D eigenvalue weighted by Crippen LogP contribution is 2.24. The SMILES string of the molecule is CC(c1cccs1)S(=O)(=O)O. The van der Waals surface area contributed by atoms with Gasteiger partial charge in [-0.3, -0.25) is 4.55 Å². The quantitative estimate of drug-likeness (QED) is 0.725. The lowest BCUT2D eigenvalue weighted by Gasteiger charge is -2.03. The summed E-state index contributed by atoms with van der Waals surface area (Å²) in [5.41, 5.74) is 0. The van der Waals surface area contributed by atoms with Crippen molar-refractivity contribution in [1.82, 2.24) is 0 Å². The maximum Gasteiger partial charge on any atom is 0.272 e. The smallest absolute Gasteiger partial charge is 0.272 e. The molecule has 0 radical (unpaired) electrons. The second-order valence-electron chi connectivity index (χ2n) is 2.17. The predicted molar refractivity (Wildman–Crippen MR) is 44.3 cm³/mol. The van der Waals surface area contributed by atoms with Gasteiger partial charge in [-0.15, -0.1) is 11.3 Å². The Morgan fingerprint density at radius 2 is 2.27 bits per heavy atom. The molecule has 0 bridgehead atoms. The standard InChI is InChI=1S/C6H8O3S2/c1-5(11(7,8)9)6-3-2-4-10-6/h2-5H,1H3,(H,7,8,9). The van der Waals surface area contributed by atoms with Gasteiger partial charge in [0, 0.05) is 4.88 Å². The minimum absolute atomic E-state index is 0.660. The van der Waals surface area contributed by atoms with Crippen LogP contribution in [-0.4, -0.2) is 13.0 Å². The molecule has 1 heterocycles. The molecule has 1 aromatic heterocycles. The Morgan fingerprint density at radius 3 is 2.64 bits per heavy atom. The van der Waals surface area contributed by atoms with Gasteiger partial charge in [-0.25, -0.2) is 0 Å². The molecule has 0 aromatic carbocycles. The fraction of sp³-hybridized carbons (Fsp3) is 0.333. The van der Waals surface area contributed by atoms with E-state index >= 15 is 0 Å². The fourth-order valence-electron chi connectivity index (χ4n) is 0.669. The molecule has 1 atom stereocenters. The Bertz CT molecular complexity index is 312. The number of hydrogen-bond acceptors (Lipinski definition) is 3. The number of rotatable bonds is 2. The number of hydrogen-bond donors (Lipinski definition) is 1. The molecule has 1 rings (SSSR count). The summed E-state index contributed by atoms with van der Waals surface area (Å²) in [4.78, 5) is 0.660. The van der Waals surface area contributed by atoms with Crippen LogP contribution in [0.5, 0.6) is 0 Å². The highest BCUT2D eigenvalue weighted by molar-refractivity contribution is 7.86. The summed E-state index contributed by atoms with van der Waals surface area (Å²) < 4.78 is 29.8. The van der Waals surface area contributed by atoms with Crippen molar-refractivity contribution in [3.63, 3.8) is 0 Å². The summed E-state index contributed by atoms with van der Waals surface area (Å²) in [6.45, 7) is 1.46. The van der Waals surface area contributed by atoms with E-state index in [1.54, 1.807) is 17.5 Å².